The third-order valence-corrected chi connectivity index (χ3v) is 6.91. The van der Waals surface area contributed by atoms with Gasteiger partial charge >= 0.3 is 0 Å². The minimum Gasteiger partial charge on any atom is -0.345 e. The van der Waals surface area contributed by atoms with Crippen molar-refractivity contribution in [1.29, 1.82) is 0 Å². The SMILES string of the molecule is CCC(C)N(Cc1cccn1Cc1ccccc1C)C(=O)CN(CCC(C)C)C(=O)c1ccccc1. The second-order valence-corrected chi connectivity index (χ2v) is 10.1. The van der Waals surface area contributed by atoms with Crippen molar-refractivity contribution in [2.24, 2.45) is 5.92 Å². The molecule has 5 nitrogen and oxygen atoms in total. The summed E-state index contributed by atoms with van der Waals surface area (Å²) in [6, 6.07) is 21.9. The molecule has 0 fully saturated rings. The van der Waals surface area contributed by atoms with Crippen molar-refractivity contribution in [2.75, 3.05) is 13.1 Å². The number of carbonyl (C=O) groups is 2. The molecule has 0 N–H and O–H groups in total. The van der Waals surface area contributed by atoms with E-state index in [1.807, 2.05) is 41.3 Å². The minimum absolute atomic E-state index is 0.0129. The first-order valence-corrected chi connectivity index (χ1v) is 13.1. The van der Waals surface area contributed by atoms with Gasteiger partial charge in [-0.1, -0.05) is 63.2 Å². The van der Waals surface area contributed by atoms with E-state index in [0.717, 1.165) is 25.1 Å². The van der Waals surface area contributed by atoms with Gasteiger partial charge in [-0.2, -0.15) is 0 Å². The fourth-order valence-electron chi connectivity index (χ4n) is 4.29. The molecule has 0 bridgehead atoms. The molecule has 0 saturated carbocycles. The largest absolute Gasteiger partial charge is 0.345 e. The summed E-state index contributed by atoms with van der Waals surface area (Å²) in [6.07, 6.45) is 3.78. The number of hydrogen-bond donors (Lipinski definition) is 0. The van der Waals surface area contributed by atoms with E-state index >= 15 is 0 Å². The monoisotopic (exact) mass is 487 g/mol. The van der Waals surface area contributed by atoms with E-state index in [1.165, 1.54) is 11.1 Å². The zero-order chi connectivity index (χ0) is 26.1. The Morgan fingerprint density at radius 2 is 1.61 bits per heavy atom. The molecule has 5 heteroatoms. The molecule has 3 aromatic rings. The molecule has 1 heterocycles. The average Bonchev–Trinajstić information content (AvgIpc) is 3.32. The van der Waals surface area contributed by atoms with Gasteiger partial charge in [-0.25, -0.2) is 0 Å². The van der Waals surface area contributed by atoms with Crippen LogP contribution in [0.5, 0.6) is 0 Å². The number of carbonyl (C=O) groups excluding carboxylic acids is 2. The van der Waals surface area contributed by atoms with Crippen molar-refractivity contribution >= 4 is 11.8 Å². The van der Waals surface area contributed by atoms with Crippen LogP contribution in [-0.4, -0.2) is 45.3 Å². The molecule has 3 rings (SSSR count). The maximum Gasteiger partial charge on any atom is 0.254 e. The van der Waals surface area contributed by atoms with Crippen LogP contribution in [0.25, 0.3) is 0 Å². The number of aryl methyl sites for hydroxylation is 1. The van der Waals surface area contributed by atoms with Gasteiger partial charge in [-0.15, -0.1) is 0 Å². The first-order valence-electron chi connectivity index (χ1n) is 13.1. The smallest absolute Gasteiger partial charge is 0.254 e. The molecule has 0 aliphatic carbocycles. The molecular weight excluding hydrogens is 446 g/mol. The van der Waals surface area contributed by atoms with Crippen LogP contribution in [0.3, 0.4) is 0 Å². The van der Waals surface area contributed by atoms with Crippen LogP contribution in [0.2, 0.25) is 0 Å². The van der Waals surface area contributed by atoms with Crippen molar-refractivity contribution in [3.8, 4) is 0 Å². The van der Waals surface area contributed by atoms with Gasteiger partial charge in [0.1, 0.15) is 6.54 Å². The van der Waals surface area contributed by atoms with Gasteiger partial charge in [0, 0.05) is 36.6 Å². The fraction of sp³-hybridized carbons (Fsp3) is 0.419. The molecule has 2 aromatic carbocycles. The molecular formula is C31H41N3O2. The third-order valence-electron chi connectivity index (χ3n) is 6.91. The predicted molar refractivity (Wildman–Crippen MR) is 147 cm³/mol. The number of benzene rings is 2. The highest BCUT2D eigenvalue weighted by molar-refractivity contribution is 5.96. The van der Waals surface area contributed by atoms with Gasteiger partial charge in [-0.3, -0.25) is 9.59 Å². The van der Waals surface area contributed by atoms with Crippen LogP contribution in [-0.2, 0) is 17.9 Å². The number of aromatic nitrogens is 1. The van der Waals surface area contributed by atoms with E-state index in [4.69, 9.17) is 0 Å². The zero-order valence-corrected chi connectivity index (χ0v) is 22.5. The third kappa shape index (κ3) is 7.33. The Bertz CT molecular complexity index is 1120. The van der Waals surface area contributed by atoms with Gasteiger partial charge in [-0.05, 0) is 68.0 Å². The van der Waals surface area contributed by atoms with Gasteiger partial charge in [0.25, 0.3) is 5.91 Å². The highest BCUT2D eigenvalue weighted by atomic mass is 16.2. The maximum atomic E-state index is 13.7. The normalized spacial score (nSPS) is 11.9. The molecule has 0 aliphatic heterocycles. The molecule has 1 atom stereocenters. The van der Waals surface area contributed by atoms with Gasteiger partial charge < -0.3 is 14.4 Å². The number of amides is 2. The molecule has 1 aromatic heterocycles. The van der Waals surface area contributed by atoms with Crippen molar-refractivity contribution in [3.63, 3.8) is 0 Å². The first kappa shape index (κ1) is 27.3. The van der Waals surface area contributed by atoms with Crippen LogP contribution in [0.4, 0.5) is 0 Å². The minimum atomic E-state index is -0.0865. The predicted octanol–water partition coefficient (Wildman–Crippen LogP) is 6.16. The second kappa shape index (κ2) is 13.1. The van der Waals surface area contributed by atoms with Crippen LogP contribution < -0.4 is 0 Å². The number of nitrogens with zero attached hydrogens (tertiary/aromatic N) is 3. The molecule has 0 radical (unpaired) electrons. The van der Waals surface area contributed by atoms with Gasteiger partial charge in [0.2, 0.25) is 5.91 Å². The standard InChI is InChI=1S/C31H41N3O2/c1-6-26(5)34(22-29-17-12-19-32(29)21-28-16-11-10-13-25(28)4)30(35)23-33(20-18-24(2)3)31(36)27-14-8-7-9-15-27/h7-17,19,24,26H,6,18,20-23H2,1-5H3. The van der Waals surface area contributed by atoms with Crippen LogP contribution in [0.15, 0.2) is 72.9 Å². The van der Waals surface area contributed by atoms with E-state index in [2.05, 4.69) is 75.7 Å². The highest BCUT2D eigenvalue weighted by Crippen LogP contribution is 2.17. The summed E-state index contributed by atoms with van der Waals surface area (Å²) in [5.41, 5.74) is 4.24. The van der Waals surface area contributed by atoms with Crippen molar-refractivity contribution in [1.82, 2.24) is 14.4 Å². The molecule has 0 aliphatic rings. The van der Waals surface area contributed by atoms with E-state index in [9.17, 15) is 9.59 Å². The Hall–Kier alpha value is -3.34. The van der Waals surface area contributed by atoms with Crippen LogP contribution in [0, 0.1) is 12.8 Å². The molecule has 0 saturated heterocycles. The topological polar surface area (TPSA) is 45.6 Å². The lowest BCUT2D eigenvalue weighted by molar-refractivity contribution is -0.134. The van der Waals surface area contributed by atoms with Crippen molar-refractivity contribution in [2.45, 2.75) is 66.6 Å². The fourth-order valence-corrected chi connectivity index (χ4v) is 4.29. The zero-order valence-electron chi connectivity index (χ0n) is 22.5. The molecule has 0 spiro atoms. The Morgan fingerprint density at radius 3 is 2.28 bits per heavy atom. The maximum absolute atomic E-state index is 13.7. The Morgan fingerprint density at radius 1 is 0.917 bits per heavy atom. The molecule has 1 unspecified atom stereocenters. The Balaban J connectivity index is 1.80. The molecule has 2 amide bonds. The van der Waals surface area contributed by atoms with Crippen LogP contribution >= 0.6 is 0 Å². The highest BCUT2D eigenvalue weighted by Gasteiger charge is 2.25. The van der Waals surface area contributed by atoms with E-state index in [1.54, 1.807) is 4.90 Å². The van der Waals surface area contributed by atoms with E-state index in [-0.39, 0.29) is 24.4 Å². The lowest BCUT2D eigenvalue weighted by Crippen LogP contribution is -2.46. The lowest BCUT2D eigenvalue weighted by atomic mass is 10.1. The lowest BCUT2D eigenvalue weighted by Gasteiger charge is -2.32. The number of hydrogen-bond acceptors (Lipinski definition) is 2. The quantitative estimate of drug-likeness (QED) is 0.307. The molecule has 36 heavy (non-hydrogen) atoms. The van der Waals surface area contributed by atoms with E-state index < -0.39 is 0 Å². The van der Waals surface area contributed by atoms with Crippen molar-refractivity contribution in [3.05, 3.63) is 95.3 Å². The number of rotatable bonds is 12. The summed E-state index contributed by atoms with van der Waals surface area (Å²) < 4.78 is 2.22. The second-order valence-electron chi connectivity index (χ2n) is 10.1. The Labute approximate surface area is 216 Å². The molecule has 192 valence electrons. The summed E-state index contributed by atoms with van der Waals surface area (Å²) in [7, 11) is 0. The summed E-state index contributed by atoms with van der Waals surface area (Å²) >= 11 is 0. The first-order chi connectivity index (χ1) is 17.3. The van der Waals surface area contributed by atoms with Crippen LogP contribution in [0.1, 0.15) is 67.7 Å². The van der Waals surface area contributed by atoms with Gasteiger partial charge in [0.05, 0.1) is 6.54 Å². The van der Waals surface area contributed by atoms with Crippen molar-refractivity contribution < 1.29 is 9.59 Å². The van der Waals surface area contributed by atoms with E-state index in [0.29, 0.717) is 24.6 Å². The summed E-state index contributed by atoms with van der Waals surface area (Å²) in [5, 5.41) is 0. The summed E-state index contributed by atoms with van der Waals surface area (Å²) in [5.74, 6) is 0.347. The summed E-state index contributed by atoms with van der Waals surface area (Å²) in [6.45, 7) is 12.5. The van der Waals surface area contributed by atoms with Gasteiger partial charge in [0.15, 0.2) is 0 Å². The summed E-state index contributed by atoms with van der Waals surface area (Å²) in [4.78, 5) is 30.7. The Kier molecular flexibility index (Phi) is 9.92. The average molecular weight is 488 g/mol.